The monoisotopic (exact) mass is 119 g/mol. The number of halogens is 1. The lowest BCUT2D eigenvalue weighted by molar-refractivity contribution is 0.312. The summed E-state index contributed by atoms with van der Waals surface area (Å²) in [6, 6.07) is 0. The van der Waals surface area contributed by atoms with E-state index in [-0.39, 0.29) is 11.6 Å². The molecule has 0 aromatic carbocycles. The van der Waals surface area contributed by atoms with Crippen molar-refractivity contribution in [3.8, 4) is 0 Å². The third-order valence-corrected chi connectivity index (χ3v) is 0.932. The van der Waals surface area contributed by atoms with Gasteiger partial charge in [-0.15, -0.1) is 0 Å². The molecule has 0 bridgehead atoms. The molecule has 0 heterocycles. The van der Waals surface area contributed by atoms with Gasteiger partial charge >= 0.3 is 0 Å². The SMILES string of the molecule is CC(C)C(CF)=NO. The lowest BCUT2D eigenvalue weighted by atomic mass is 10.1. The number of hydrogen-bond acceptors (Lipinski definition) is 2. The first-order valence-electron chi connectivity index (χ1n) is 2.49. The van der Waals surface area contributed by atoms with E-state index >= 15 is 0 Å². The van der Waals surface area contributed by atoms with Gasteiger partial charge in [0.1, 0.15) is 6.67 Å². The van der Waals surface area contributed by atoms with Crippen LogP contribution >= 0.6 is 0 Å². The molecule has 0 radical (unpaired) electrons. The summed E-state index contributed by atoms with van der Waals surface area (Å²) in [6.45, 7) is 2.89. The minimum atomic E-state index is -0.659. The fourth-order valence-corrected chi connectivity index (χ4v) is 0.296. The molecular formula is C5H10FNO. The molecule has 0 aliphatic rings. The first-order valence-corrected chi connectivity index (χ1v) is 2.49. The van der Waals surface area contributed by atoms with Crippen molar-refractivity contribution in [1.29, 1.82) is 0 Å². The van der Waals surface area contributed by atoms with Gasteiger partial charge < -0.3 is 5.21 Å². The average Bonchev–Trinajstić information content (AvgIpc) is 1.69. The summed E-state index contributed by atoms with van der Waals surface area (Å²) in [4.78, 5) is 0. The quantitative estimate of drug-likeness (QED) is 0.333. The van der Waals surface area contributed by atoms with Crippen LogP contribution in [0.3, 0.4) is 0 Å². The van der Waals surface area contributed by atoms with Gasteiger partial charge in [-0.2, -0.15) is 0 Å². The molecule has 0 aliphatic carbocycles. The van der Waals surface area contributed by atoms with E-state index in [1.807, 2.05) is 0 Å². The smallest absolute Gasteiger partial charge is 0.131 e. The Bertz CT molecular complexity index is 90.4. The molecule has 0 fully saturated rings. The van der Waals surface area contributed by atoms with E-state index in [1.165, 1.54) is 0 Å². The second kappa shape index (κ2) is 3.41. The molecular weight excluding hydrogens is 109 g/mol. The van der Waals surface area contributed by atoms with Gasteiger partial charge in [0.05, 0.1) is 5.71 Å². The predicted octanol–water partition coefficient (Wildman–Crippen LogP) is 1.44. The largest absolute Gasteiger partial charge is 0.411 e. The van der Waals surface area contributed by atoms with E-state index in [1.54, 1.807) is 13.8 Å². The molecule has 0 amide bonds. The molecule has 0 aliphatic heterocycles. The van der Waals surface area contributed by atoms with Crippen LogP contribution < -0.4 is 0 Å². The van der Waals surface area contributed by atoms with Gasteiger partial charge in [0.15, 0.2) is 0 Å². The van der Waals surface area contributed by atoms with Crippen LogP contribution in [0.4, 0.5) is 4.39 Å². The van der Waals surface area contributed by atoms with E-state index in [0.29, 0.717) is 0 Å². The van der Waals surface area contributed by atoms with Crippen LogP contribution in [-0.4, -0.2) is 17.6 Å². The predicted molar refractivity (Wildman–Crippen MR) is 30.0 cm³/mol. The standard InChI is InChI=1S/C5H10FNO/c1-4(2)5(3-6)7-8/h4,8H,3H2,1-2H3. The van der Waals surface area contributed by atoms with Crippen LogP contribution in [0.25, 0.3) is 0 Å². The van der Waals surface area contributed by atoms with Gasteiger partial charge in [0, 0.05) is 0 Å². The molecule has 1 N–H and O–H groups in total. The highest BCUT2D eigenvalue weighted by molar-refractivity contribution is 5.86. The fourth-order valence-electron chi connectivity index (χ4n) is 0.296. The Balaban J connectivity index is 3.72. The molecule has 3 heteroatoms. The molecule has 0 atom stereocenters. The first-order chi connectivity index (χ1) is 3.72. The Morgan fingerprint density at radius 1 is 1.75 bits per heavy atom. The molecule has 0 unspecified atom stereocenters. The van der Waals surface area contributed by atoms with E-state index < -0.39 is 6.67 Å². The van der Waals surface area contributed by atoms with Crippen LogP contribution in [0.15, 0.2) is 5.16 Å². The zero-order valence-electron chi connectivity index (χ0n) is 5.06. The van der Waals surface area contributed by atoms with E-state index in [2.05, 4.69) is 5.16 Å². The molecule has 48 valence electrons. The highest BCUT2D eigenvalue weighted by Crippen LogP contribution is 1.95. The zero-order chi connectivity index (χ0) is 6.57. The summed E-state index contributed by atoms with van der Waals surface area (Å²) >= 11 is 0. The van der Waals surface area contributed by atoms with Crippen molar-refractivity contribution in [2.24, 2.45) is 11.1 Å². The van der Waals surface area contributed by atoms with Crippen LogP contribution in [0.2, 0.25) is 0 Å². The van der Waals surface area contributed by atoms with Gasteiger partial charge in [-0.05, 0) is 5.92 Å². The highest BCUT2D eigenvalue weighted by atomic mass is 19.1. The van der Waals surface area contributed by atoms with Crippen molar-refractivity contribution in [1.82, 2.24) is 0 Å². The Morgan fingerprint density at radius 3 is 2.25 bits per heavy atom. The van der Waals surface area contributed by atoms with Gasteiger partial charge in [0.25, 0.3) is 0 Å². The minimum absolute atomic E-state index is 0.00463. The van der Waals surface area contributed by atoms with Crippen molar-refractivity contribution in [2.75, 3.05) is 6.67 Å². The van der Waals surface area contributed by atoms with Crippen LogP contribution in [0.1, 0.15) is 13.8 Å². The Labute approximate surface area is 48.0 Å². The van der Waals surface area contributed by atoms with Gasteiger partial charge in [-0.3, -0.25) is 0 Å². The maximum atomic E-state index is 11.6. The topological polar surface area (TPSA) is 32.6 Å². The summed E-state index contributed by atoms with van der Waals surface area (Å²) in [7, 11) is 0. The van der Waals surface area contributed by atoms with Crippen molar-refractivity contribution >= 4 is 5.71 Å². The van der Waals surface area contributed by atoms with Crippen molar-refractivity contribution in [3.05, 3.63) is 0 Å². The highest BCUT2D eigenvalue weighted by Gasteiger charge is 2.02. The number of oxime groups is 1. The fraction of sp³-hybridized carbons (Fsp3) is 0.800. The number of alkyl halides is 1. The summed E-state index contributed by atoms with van der Waals surface area (Å²) in [5.41, 5.74) is 0.199. The summed E-state index contributed by atoms with van der Waals surface area (Å²) in [5, 5.41) is 10.8. The van der Waals surface area contributed by atoms with E-state index in [0.717, 1.165) is 0 Å². The van der Waals surface area contributed by atoms with Gasteiger partial charge in [-0.25, -0.2) is 4.39 Å². The van der Waals surface area contributed by atoms with Gasteiger partial charge in [0.2, 0.25) is 0 Å². The van der Waals surface area contributed by atoms with E-state index in [4.69, 9.17) is 5.21 Å². The molecule has 0 aromatic rings. The van der Waals surface area contributed by atoms with E-state index in [9.17, 15) is 4.39 Å². The third kappa shape index (κ3) is 1.91. The summed E-state index contributed by atoms with van der Waals surface area (Å²) in [6.07, 6.45) is 0. The average molecular weight is 119 g/mol. The maximum Gasteiger partial charge on any atom is 0.131 e. The molecule has 0 aromatic heterocycles. The third-order valence-electron chi connectivity index (χ3n) is 0.932. The van der Waals surface area contributed by atoms with Crippen molar-refractivity contribution in [2.45, 2.75) is 13.8 Å². The molecule has 2 nitrogen and oxygen atoms in total. The second-order valence-electron chi connectivity index (χ2n) is 1.88. The lowest BCUT2D eigenvalue weighted by Crippen LogP contribution is -2.08. The first kappa shape index (κ1) is 7.40. The normalized spacial score (nSPS) is 12.8. The molecule has 0 spiro atoms. The Morgan fingerprint density at radius 2 is 2.25 bits per heavy atom. The second-order valence-corrected chi connectivity index (χ2v) is 1.88. The number of rotatable bonds is 2. The van der Waals surface area contributed by atoms with Crippen LogP contribution in [0.5, 0.6) is 0 Å². The van der Waals surface area contributed by atoms with Crippen LogP contribution in [0, 0.1) is 5.92 Å². The maximum absolute atomic E-state index is 11.6. The Kier molecular flexibility index (Phi) is 3.15. The molecule has 0 saturated heterocycles. The van der Waals surface area contributed by atoms with Crippen molar-refractivity contribution < 1.29 is 9.60 Å². The van der Waals surface area contributed by atoms with Gasteiger partial charge in [-0.1, -0.05) is 19.0 Å². The number of hydrogen-bond donors (Lipinski definition) is 1. The molecule has 0 rings (SSSR count). The van der Waals surface area contributed by atoms with Crippen LogP contribution in [-0.2, 0) is 0 Å². The minimum Gasteiger partial charge on any atom is -0.411 e. The Hall–Kier alpha value is -0.600. The zero-order valence-corrected chi connectivity index (χ0v) is 5.06. The van der Waals surface area contributed by atoms with Crippen molar-refractivity contribution in [3.63, 3.8) is 0 Å². The lowest BCUT2D eigenvalue weighted by Gasteiger charge is -1.99. The number of nitrogens with zero attached hydrogens (tertiary/aromatic N) is 1. The summed E-state index contributed by atoms with van der Waals surface area (Å²) in [5.74, 6) is 0.00463. The molecule has 0 saturated carbocycles. The summed E-state index contributed by atoms with van der Waals surface area (Å²) < 4.78 is 11.6. The molecule has 8 heavy (non-hydrogen) atoms.